The zero-order valence-corrected chi connectivity index (χ0v) is 10.2. The van der Waals surface area contributed by atoms with Gasteiger partial charge in [-0.2, -0.15) is 0 Å². The van der Waals surface area contributed by atoms with E-state index in [-0.39, 0.29) is 18.3 Å². The predicted octanol–water partition coefficient (Wildman–Crippen LogP) is 3.87. The van der Waals surface area contributed by atoms with Gasteiger partial charge in [0.25, 0.3) is 0 Å². The molecule has 0 radical (unpaired) electrons. The van der Waals surface area contributed by atoms with Gasteiger partial charge in [-0.05, 0) is 36.5 Å². The molecule has 0 spiro atoms. The molecule has 0 aromatic heterocycles. The number of benzene rings is 1. The summed E-state index contributed by atoms with van der Waals surface area (Å²) in [4.78, 5) is 0. The second-order valence-corrected chi connectivity index (χ2v) is 5.10. The number of rotatable bonds is 3. The molecule has 1 aliphatic carbocycles. The van der Waals surface area contributed by atoms with Crippen molar-refractivity contribution in [3.05, 3.63) is 35.6 Å². The lowest BCUT2D eigenvalue weighted by atomic mass is 9.82. The molecule has 0 saturated heterocycles. The third-order valence-electron chi connectivity index (χ3n) is 3.94. The van der Waals surface area contributed by atoms with Gasteiger partial charge in [-0.1, -0.05) is 37.8 Å². The van der Waals surface area contributed by atoms with Crippen molar-refractivity contribution in [2.24, 2.45) is 5.92 Å². The monoisotopic (exact) mass is 236 g/mol. The van der Waals surface area contributed by atoms with Crippen molar-refractivity contribution in [3.8, 4) is 0 Å². The van der Waals surface area contributed by atoms with Gasteiger partial charge in [0.1, 0.15) is 5.82 Å². The number of aliphatic hydroxyl groups excluding tert-OH is 1. The molecule has 2 heteroatoms. The third-order valence-corrected chi connectivity index (χ3v) is 3.94. The lowest BCUT2D eigenvalue weighted by molar-refractivity contribution is 0.214. The standard InChI is InChI=1S/C15H21FO/c16-14-9-5-8-13(10-14)15(11-17)12-6-3-1-2-4-7-12/h5,8-10,12,15,17H,1-4,6-7,11H2. The van der Waals surface area contributed by atoms with E-state index in [0.29, 0.717) is 5.92 Å². The molecule has 1 N–H and O–H groups in total. The quantitative estimate of drug-likeness (QED) is 0.790. The first-order chi connectivity index (χ1) is 8.31. The highest BCUT2D eigenvalue weighted by molar-refractivity contribution is 5.21. The van der Waals surface area contributed by atoms with E-state index in [4.69, 9.17) is 0 Å². The molecule has 94 valence electrons. The molecule has 17 heavy (non-hydrogen) atoms. The number of hydrogen-bond donors (Lipinski definition) is 1. The van der Waals surface area contributed by atoms with Crippen LogP contribution in [0, 0.1) is 11.7 Å². The van der Waals surface area contributed by atoms with Crippen LogP contribution >= 0.6 is 0 Å². The summed E-state index contributed by atoms with van der Waals surface area (Å²) in [6, 6.07) is 6.72. The number of halogens is 1. The molecule has 1 aliphatic rings. The fourth-order valence-corrected chi connectivity index (χ4v) is 2.98. The molecule has 1 aromatic rings. The van der Waals surface area contributed by atoms with Gasteiger partial charge in [-0.25, -0.2) is 4.39 Å². The summed E-state index contributed by atoms with van der Waals surface area (Å²) < 4.78 is 13.2. The Labute approximate surface area is 103 Å². The lowest BCUT2D eigenvalue weighted by Crippen LogP contribution is -2.16. The maximum Gasteiger partial charge on any atom is 0.123 e. The fourth-order valence-electron chi connectivity index (χ4n) is 2.98. The summed E-state index contributed by atoms with van der Waals surface area (Å²) in [6.07, 6.45) is 7.44. The van der Waals surface area contributed by atoms with E-state index in [1.54, 1.807) is 12.1 Å². The Kier molecular flexibility index (Phi) is 4.55. The van der Waals surface area contributed by atoms with Gasteiger partial charge in [0.2, 0.25) is 0 Å². The topological polar surface area (TPSA) is 20.2 Å². The molecule has 2 rings (SSSR count). The first-order valence-electron chi connectivity index (χ1n) is 6.67. The Morgan fingerprint density at radius 1 is 1.18 bits per heavy atom. The molecule has 1 nitrogen and oxygen atoms in total. The molecule has 0 amide bonds. The van der Waals surface area contributed by atoms with Crippen LogP contribution in [0.3, 0.4) is 0 Å². The normalized spacial score (nSPS) is 19.9. The van der Waals surface area contributed by atoms with Crippen LogP contribution in [0.25, 0.3) is 0 Å². The average molecular weight is 236 g/mol. The van der Waals surface area contributed by atoms with Gasteiger partial charge in [-0.3, -0.25) is 0 Å². The second kappa shape index (κ2) is 6.15. The van der Waals surface area contributed by atoms with Crippen molar-refractivity contribution in [3.63, 3.8) is 0 Å². The molecule has 1 fully saturated rings. The van der Waals surface area contributed by atoms with Crippen molar-refractivity contribution >= 4 is 0 Å². The van der Waals surface area contributed by atoms with E-state index in [0.717, 1.165) is 5.56 Å². The smallest absolute Gasteiger partial charge is 0.123 e. The Hall–Kier alpha value is -0.890. The van der Waals surface area contributed by atoms with E-state index in [2.05, 4.69) is 0 Å². The molecule has 0 heterocycles. The Balaban J connectivity index is 2.14. The lowest BCUT2D eigenvalue weighted by Gasteiger charge is -2.24. The van der Waals surface area contributed by atoms with Gasteiger partial charge in [0, 0.05) is 5.92 Å². The Morgan fingerprint density at radius 2 is 1.88 bits per heavy atom. The van der Waals surface area contributed by atoms with Crippen LogP contribution in [0.1, 0.15) is 50.0 Å². The zero-order valence-electron chi connectivity index (χ0n) is 10.2. The van der Waals surface area contributed by atoms with Crippen molar-refractivity contribution in [2.75, 3.05) is 6.61 Å². The SMILES string of the molecule is OCC(c1cccc(F)c1)C1CCCCCC1. The zero-order chi connectivity index (χ0) is 12.1. The van der Waals surface area contributed by atoms with Gasteiger partial charge >= 0.3 is 0 Å². The van der Waals surface area contributed by atoms with E-state index in [1.165, 1.54) is 44.6 Å². The predicted molar refractivity (Wildman–Crippen MR) is 67.4 cm³/mol. The summed E-state index contributed by atoms with van der Waals surface area (Å²) >= 11 is 0. The summed E-state index contributed by atoms with van der Waals surface area (Å²) in [5, 5.41) is 9.59. The Bertz CT molecular complexity index is 343. The molecule has 0 aliphatic heterocycles. The second-order valence-electron chi connectivity index (χ2n) is 5.10. The van der Waals surface area contributed by atoms with Crippen LogP contribution in [-0.4, -0.2) is 11.7 Å². The highest BCUT2D eigenvalue weighted by atomic mass is 19.1. The first kappa shape index (κ1) is 12.6. The van der Waals surface area contributed by atoms with E-state index in [9.17, 15) is 9.50 Å². The highest BCUT2D eigenvalue weighted by Gasteiger charge is 2.23. The first-order valence-corrected chi connectivity index (χ1v) is 6.67. The third kappa shape index (κ3) is 3.29. The largest absolute Gasteiger partial charge is 0.396 e. The van der Waals surface area contributed by atoms with Gasteiger partial charge in [0.05, 0.1) is 6.61 Å². The van der Waals surface area contributed by atoms with Crippen LogP contribution in [-0.2, 0) is 0 Å². The highest BCUT2D eigenvalue weighted by Crippen LogP contribution is 2.35. The van der Waals surface area contributed by atoms with Crippen molar-refractivity contribution in [1.82, 2.24) is 0 Å². The van der Waals surface area contributed by atoms with Crippen LogP contribution in [0.4, 0.5) is 4.39 Å². The summed E-state index contributed by atoms with van der Waals surface area (Å²) in [6.45, 7) is 0.133. The summed E-state index contributed by atoms with van der Waals surface area (Å²) in [5.41, 5.74) is 0.958. The van der Waals surface area contributed by atoms with E-state index >= 15 is 0 Å². The van der Waals surface area contributed by atoms with Crippen LogP contribution in [0.2, 0.25) is 0 Å². The van der Waals surface area contributed by atoms with E-state index in [1.807, 2.05) is 6.07 Å². The minimum Gasteiger partial charge on any atom is -0.396 e. The maximum absolute atomic E-state index is 13.2. The van der Waals surface area contributed by atoms with Gasteiger partial charge in [-0.15, -0.1) is 0 Å². The minimum atomic E-state index is -0.199. The van der Waals surface area contributed by atoms with Crippen molar-refractivity contribution < 1.29 is 9.50 Å². The minimum absolute atomic E-state index is 0.115. The van der Waals surface area contributed by atoms with Crippen LogP contribution in [0.15, 0.2) is 24.3 Å². The fraction of sp³-hybridized carbons (Fsp3) is 0.600. The average Bonchev–Trinajstić information content (AvgIpc) is 2.59. The van der Waals surface area contributed by atoms with Crippen LogP contribution < -0.4 is 0 Å². The number of hydrogen-bond acceptors (Lipinski definition) is 1. The molecule has 1 atom stereocenters. The summed E-state index contributed by atoms with van der Waals surface area (Å²) in [5.74, 6) is 0.433. The summed E-state index contributed by atoms with van der Waals surface area (Å²) in [7, 11) is 0. The van der Waals surface area contributed by atoms with Crippen molar-refractivity contribution in [2.45, 2.75) is 44.4 Å². The molecule has 1 unspecified atom stereocenters. The van der Waals surface area contributed by atoms with Crippen LogP contribution in [0.5, 0.6) is 0 Å². The molecular weight excluding hydrogens is 215 g/mol. The van der Waals surface area contributed by atoms with Gasteiger partial charge in [0.15, 0.2) is 0 Å². The molecular formula is C15H21FO. The van der Waals surface area contributed by atoms with E-state index < -0.39 is 0 Å². The molecule has 0 bridgehead atoms. The van der Waals surface area contributed by atoms with Crippen molar-refractivity contribution in [1.29, 1.82) is 0 Å². The maximum atomic E-state index is 13.2. The van der Waals surface area contributed by atoms with Gasteiger partial charge < -0.3 is 5.11 Å². The molecule has 1 saturated carbocycles. The molecule has 1 aromatic carbocycles. The Morgan fingerprint density at radius 3 is 2.47 bits per heavy atom. The number of aliphatic hydroxyl groups is 1.